The second-order valence-corrected chi connectivity index (χ2v) is 6.57. The minimum atomic E-state index is -4.38. The highest BCUT2D eigenvalue weighted by Crippen LogP contribution is 2.32. The van der Waals surface area contributed by atoms with Crippen molar-refractivity contribution in [3.63, 3.8) is 0 Å². The van der Waals surface area contributed by atoms with Crippen LogP contribution < -0.4 is 4.90 Å². The molecule has 0 saturated carbocycles. The van der Waals surface area contributed by atoms with Crippen LogP contribution in [0.15, 0.2) is 65.3 Å². The Morgan fingerprint density at radius 3 is 2.46 bits per heavy atom. The molecule has 0 N–H and O–H groups in total. The van der Waals surface area contributed by atoms with E-state index in [1.807, 2.05) is 6.92 Å². The predicted octanol–water partition coefficient (Wildman–Crippen LogP) is 5.67. The van der Waals surface area contributed by atoms with Gasteiger partial charge in [-0.15, -0.1) is 0 Å². The SMILES string of the molecule is CC1=C(c2cc3ncccc3cc2F)N=CN(c2ccc(C(F)(F)F)cc2)C1. The van der Waals surface area contributed by atoms with Crippen LogP contribution in [0.2, 0.25) is 0 Å². The van der Waals surface area contributed by atoms with E-state index in [0.717, 1.165) is 17.7 Å². The molecule has 0 saturated heterocycles. The first-order valence-corrected chi connectivity index (χ1v) is 8.55. The molecule has 3 nitrogen and oxygen atoms in total. The maximum absolute atomic E-state index is 14.6. The van der Waals surface area contributed by atoms with Gasteiger partial charge < -0.3 is 4.90 Å². The Labute approximate surface area is 158 Å². The average Bonchev–Trinajstić information content (AvgIpc) is 2.67. The largest absolute Gasteiger partial charge is 0.416 e. The van der Waals surface area contributed by atoms with Gasteiger partial charge in [0.1, 0.15) is 5.82 Å². The first kappa shape index (κ1) is 18.2. The minimum Gasteiger partial charge on any atom is -0.328 e. The molecule has 7 heteroatoms. The Hall–Kier alpha value is -3.22. The number of benzene rings is 2. The van der Waals surface area contributed by atoms with Crippen molar-refractivity contribution >= 4 is 28.6 Å². The fourth-order valence-corrected chi connectivity index (χ4v) is 3.18. The Morgan fingerprint density at radius 1 is 1.04 bits per heavy atom. The van der Waals surface area contributed by atoms with Crippen molar-refractivity contribution in [1.82, 2.24) is 4.98 Å². The van der Waals surface area contributed by atoms with E-state index in [9.17, 15) is 17.6 Å². The zero-order valence-electron chi connectivity index (χ0n) is 14.8. The van der Waals surface area contributed by atoms with Crippen molar-refractivity contribution in [3.05, 3.63) is 77.2 Å². The lowest BCUT2D eigenvalue weighted by atomic mass is 10.0. The summed E-state index contributed by atoms with van der Waals surface area (Å²) >= 11 is 0. The van der Waals surface area contributed by atoms with Gasteiger partial charge in [0.05, 0.1) is 23.1 Å². The number of nitrogens with zero attached hydrogens (tertiary/aromatic N) is 3. The molecule has 1 aliphatic rings. The zero-order valence-corrected chi connectivity index (χ0v) is 14.8. The van der Waals surface area contributed by atoms with Crippen molar-refractivity contribution in [1.29, 1.82) is 0 Å². The Bertz CT molecular complexity index is 1100. The van der Waals surface area contributed by atoms with Gasteiger partial charge in [0.25, 0.3) is 0 Å². The monoisotopic (exact) mass is 385 g/mol. The molecule has 0 fully saturated rings. The number of pyridine rings is 1. The molecule has 142 valence electrons. The van der Waals surface area contributed by atoms with Gasteiger partial charge in [-0.05, 0) is 55.0 Å². The molecule has 1 aliphatic heterocycles. The summed E-state index contributed by atoms with van der Waals surface area (Å²) in [6.07, 6.45) is -1.23. The maximum atomic E-state index is 14.6. The second kappa shape index (κ2) is 6.74. The van der Waals surface area contributed by atoms with Gasteiger partial charge in [-0.3, -0.25) is 4.98 Å². The summed E-state index contributed by atoms with van der Waals surface area (Å²) in [7, 11) is 0. The third kappa shape index (κ3) is 3.35. The van der Waals surface area contributed by atoms with Crippen LogP contribution in [0.1, 0.15) is 18.1 Å². The Kier molecular flexibility index (Phi) is 4.37. The van der Waals surface area contributed by atoms with Crippen LogP contribution >= 0.6 is 0 Å². The molecule has 2 aromatic carbocycles. The number of halogens is 4. The van der Waals surface area contributed by atoms with Gasteiger partial charge in [-0.1, -0.05) is 6.07 Å². The molecule has 0 amide bonds. The lowest BCUT2D eigenvalue weighted by Gasteiger charge is -2.25. The maximum Gasteiger partial charge on any atom is 0.416 e. The molecule has 0 radical (unpaired) electrons. The van der Waals surface area contributed by atoms with E-state index in [-0.39, 0.29) is 0 Å². The number of hydrogen-bond donors (Lipinski definition) is 0. The molecule has 0 bridgehead atoms. The standard InChI is InChI=1S/C21H15F4N3/c1-13-11-28(16-6-4-15(5-7-16)21(23,24)25)12-27-20(13)17-10-19-14(9-18(17)22)3-2-8-26-19/h2-10,12H,11H2,1H3. The highest BCUT2D eigenvalue weighted by molar-refractivity contribution is 5.91. The fraction of sp³-hybridized carbons (Fsp3) is 0.143. The lowest BCUT2D eigenvalue weighted by Crippen LogP contribution is -2.26. The summed E-state index contributed by atoms with van der Waals surface area (Å²) < 4.78 is 52.8. The predicted molar refractivity (Wildman–Crippen MR) is 102 cm³/mol. The van der Waals surface area contributed by atoms with Gasteiger partial charge in [0.15, 0.2) is 0 Å². The van der Waals surface area contributed by atoms with Crippen molar-refractivity contribution in [3.8, 4) is 0 Å². The van der Waals surface area contributed by atoms with Crippen LogP contribution in [-0.2, 0) is 6.18 Å². The number of fused-ring (bicyclic) bond motifs is 1. The van der Waals surface area contributed by atoms with E-state index in [0.29, 0.717) is 34.4 Å². The average molecular weight is 385 g/mol. The number of anilines is 1. The lowest BCUT2D eigenvalue weighted by molar-refractivity contribution is -0.137. The second-order valence-electron chi connectivity index (χ2n) is 6.57. The smallest absolute Gasteiger partial charge is 0.328 e. The van der Waals surface area contributed by atoms with Crippen molar-refractivity contribution < 1.29 is 17.6 Å². The number of aliphatic imine (C=N–C) groups is 1. The normalized spacial score (nSPS) is 14.8. The Balaban J connectivity index is 1.63. The van der Waals surface area contributed by atoms with E-state index in [1.165, 1.54) is 24.5 Å². The molecule has 1 aromatic heterocycles. The van der Waals surface area contributed by atoms with E-state index in [2.05, 4.69) is 9.98 Å². The van der Waals surface area contributed by atoms with Crippen LogP contribution in [0.25, 0.3) is 16.6 Å². The molecule has 0 atom stereocenters. The zero-order chi connectivity index (χ0) is 19.9. The van der Waals surface area contributed by atoms with E-state index in [1.54, 1.807) is 29.3 Å². The molecule has 0 aliphatic carbocycles. The number of rotatable bonds is 2. The summed E-state index contributed by atoms with van der Waals surface area (Å²) in [5.74, 6) is -0.394. The van der Waals surface area contributed by atoms with Gasteiger partial charge in [-0.2, -0.15) is 13.2 Å². The number of aromatic nitrogens is 1. The third-order valence-electron chi connectivity index (χ3n) is 4.61. The van der Waals surface area contributed by atoms with E-state index in [4.69, 9.17) is 0 Å². The highest BCUT2D eigenvalue weighted by atomic mass is 19.4. The van der Waals surface area contributed by atoms with Crippen molar-refractivity contribution in [2.24, 2.45) is 4.99 Å². The Morgan fingerprint density at radius 2 is 1.79 bits per heavy atom. The van der Waals surface area contributed by atoms with Crippen molar-refractivity contribution in [2.45, 2.75) is 13.1 Å². The van der Waals surface area contributed by atoms with E-state index < -0.39 is 17.6 Å². The summed E-state index contributed by atoms with van der Waals surface area (Å²) in [5, 5.41) is 0.702. The first-order chi connectivity index (χ1) is 13.3. The number of alkyl halides is 3. The molecule has 0 unspecified atom stereocenters. The van der Waals surface area contributed by atoms with E-state index >= 15 is 0 Å². The van der Waals surface area contributed by atoms with Crippen LogP contribution in [0.4, 0.5) is 23.2 Å². The summed E-state index contributed by atoms with van der Waals surface area (Å²) in [6, 6.07) is 11.5. The van der Waals surface area contributed by atoms with Crippen LogP contribution in [-0.4, -0.2) is 17.9 Å². The molecule has 2 heterocycles. The summed E-state index contributed by atoms with van der Waals surface area (Å²) in [6.45, 7) is 2.22. The quantitative estimate of drug-likeness (QED) is 0.532. The molecule has 3 aromatic rings. The van der Waals surface area contributed by atoms with Gasteiger partial charge >= 0.3 is 6.18 Å². The van der Waals surface area contributed by atoms with Gasteiger partial charge in [0, 0.05) is 29.4 Å². The molecule has 28 heavy (non-hydrogen) atoms. The first-order valence-electron chi connectivity index (χ1n) is 8.55. The summed E-state index contributed by atoms with van der Waals surface area (Å²) in [4.78, 5) is 10.3. The molecule has 4 rings (SSSR count). The van der Waals surface area contributed by atoms with Crippen LogP contribution in [0.5, 0.6) is 0 Å². The van der Waals surface area contributed by atoms with Gasteiger partial charge in [-0.25, -0.2) is 9.38 Å². The van der Waals surface area contributed by atoms with Crippen LogP contribution in [0.3, 0.4) is 0 Å². The molecular formula is C21H15F4N3. The molecular weight excluding hydrogens is 370 g/mol. The highest BCUT2D eigenvalue weighted by Gasteiger charge is 2.30. The number of hydrogen-bond acceptors (Lipinski definition) is 3. The van der Waals surface area contributed by atoms with Gasteiger partial charge in [0.2, 0.25) is 0 Å². The summed E-state index contributed by atoms with van der Waals surface area (Å²) in [5.41, 5.74) is 2.20. The van der Waals surface area contributed by atoms with Crippen molar-refractivity contribution in [2.75, 3.05) is 11.4 Å². The molecule has 0 spiro atoms. The fourth-order valence-electron chi connectivity index (χ4n) is 3.18. The third-order valence-corrected chi connectivity index (χ3v) is 4.61. The van der Waals surface area contributed by atoms with Crippen LogP contribution in [0, 0.1) is 5.82 Å². The topological polar surface area (TPSA) is 28.5 Å². The minimum absolute atomic E-state index is 0.354.